The van der Waals surface area contributed by atoms with Gasteiger partial charge in [0.15, 0.2) is 0 Å². The summed E-state index contributed by atoms with van der Waals surface area (Å²) in [6, 6.07) is 12.0. The fourth-order valence-corrected chi connectivity index (χ4v) is 2.39. The van der Waals surface area contributed by atoms with Crippen LogP contribution in [-0.2, 0) is 0 Å². The Balaban J connectivity index is 2.48. The summed E-state index contributed by atoms with van der Waals surface area (Å²) in [5.74, 6) is -0.381. The molecule has 18 heavy (non-hydrogen) atoms. The molecule has 0 unspecified atom stereocenters. The van der Waals surface area contributed by atoms with E-state index >= 15 is 0 Å². The number of nitrogens with zero attached hydrogens (tertiary/aromatic N) is 1. The molecule has 0 radical (unpaired) electrons. The van der Waals surface area contributed by atoms with E-state index in [1.54, 1.807) is 30.3 Å². The van der Waals surface area contributed by atoms with E-state index in [1.165, 1.54) is 6.07 Å². The van der Waals surface area contributed by atoms with E-state index in [0.29, 0.717) is 25.9 Å². The molecule has 0 saturated carbocycles. The Kier molecular flexibility index (Phi) is 4.00. The summed E-state index contributed by atoms with van der Waals surface area (Å²) < 4.78 is 15.0. The average molecular weight is 370 g/mol. The van der Waals surface area contributed by atoms with Gasteiger partial charge in [0.25, 0.3) is 0 Å². The number of anilines is 2. The highest BCUT2D eigenvalue weighted by molar-refractivity contribution is 9.11. The van der Waals surface area contributed by atoms with E-state index < -0.39 is 0 Å². The molecule has 0 atom stereocenters. The number of halogens is 3. The Morgan fingerprint density at radius 2 is 1.72 bits per heavy atom. The highest BCUT2D eigenvalue weighted by atomic mass is 79.9. The molecule has 2 aromatic carbocycles. The molecule has 2 rings (SSSR count). The molecular weight excluding hydrogens is 363 g/mol. The summed E-state index contributed by atoms with van der Waals surface area (Å²) in [6.45, 7) is 0. The van der Waals surface area contributed by atoms with Crippen molar-refractivity contribution in [1.29, 1.82) is 5.26 Å². The maximum atomic E-state index is 13.7. The number of hydrogen-bond donors (Lipinski definition) is 1. The molecule has 5 heteroatoms. The molecule has 90 valence electrons. The van der Waals surface area contributed by atoms with Crippen LogP contribution in [0.2, 0.25) is 0 Å². The van der Waals surface area contributed by atoms with Gasteiger partial charge in [0.05, 0.1) is 16.9 Å². The molecule has 2 nitrogen and oxygen atoms in total. The number of rotatable bonds is 2. The summed E-state index contributed by atoms with van der Waals surface area (Å²) in [5, 5.41) is 12.0. The molecule has 0 spiro atoms. The quantitative estimate of drug-likeness (QED) is 0.811. The number of nitriles is 1. The van der Waals surface area contributed by atoms with Crippen LogP contribution in [0.25, 0.3) is 0 Å². The fraction of sp³-hybridized carbons (Fsp3) is 0. The van der Waals surface area contributed by atoms with E-state index in [9.17, 15) is 4.39 Å². The fourth-order valence-electron chi connectivity index (χ4n) is 1.49. The lowest BCUT2D eigenvalue weighted by Crippen LogP contribution is -1.97. The van der Waals surface area contributed by atoms with E-state index in [1.807, 2.05) is 0 Å². The minimum atomic E-state index is -0.381. The predicted octanol–water partition coefficient (Wildman–Crippen LogP) is 4.97. The van der Waals surface area contributed by atoms with Crippen LogP contribution in [0.15, 0.2) is 45.3 Å². The minimum Gasteiger partial charge on any atom is -0.351 e. The third-order valence-electron chi connectivity index (χ3n) is 2.35. The smallest absolute Gasteiger partial charge is 0.147 e. The molecule has 2 aromatic rings. The predicted molar refractivity (Wildman–Crippen MR) is 76.2 cm³/mol. The van der Waals surface area contributed by atoms with Crippen LogP contribution < -0.4 is 5.32 Å². The standard InChI is InChI=1S/C13H7Br2FN2/c14-9-3-2-6-12(8(9)7-17)18-13-10(15)4-1-5-11(13)16/h1-6,18H. The Bertz CT molecular complexity index is 615. The van der Waals surface area contributed by atoms with Gasteiger partial charge in [-0.1, -0.05) is 12.1 Å². The third-order valence-corrected chi connectivity index (χ3v) is 3.67. The molecule has 0 bridgehead atoms. The molecule has 0 fully saturated rings. The van der Waals surface area contributed by atoms with Gasteiger partial charge in [0, 0.05) is 8.95 Å². The van der Waals surface area contributed by atoms with Crippen molar-refractivity contribution in [2.45, 2.75) is 0 Å². The van der Waals surface area contributed by atoms with Gasteiger partial charge in [0.2, 0.25) is 0 Å². The number of hydrogen-bond acceptors (Lipinski definition) is 2. The molecule has 0 amide bonds. The van der Waals surface area contributed by atoms with Crippen LogP contribution in [0.4, 0.5) is 15.8 Å². The molecule has 0 saturated heterocycles. The molecule has 0 aliphatic heterocycles. The second-order valence-electron chi connectivity index (χ2n) is 3.50. The van der Waals surface area contributed by atoms with Crippen LogP contribution >= 0.6 is 31.9 Å². The normalized spacial score (nSPS) is 9.89. The summed E-state index contributed by atoms with van der Waals surface area (Å²) >= 11 is 6.56. The lowest BCUT2D eigenvalue weighted by atomic mass is 10.2. The lowest BCUT2D eigenvalue weighted by Gasteiger charge is -2.11. The van der Waals surface area contributed by atoms with Crippen molar-refractivity contribution in [3.63, 3.8) is 0 Å². The molecule has 1 N–H and O–H groups in total. The van der Waals surface area contributed by atoms with Crippen LogP contribution in [0.3, 0.4) is 0 Å². The van der Waals surface area contributed by atoms with E-state index in [4.69, 9.17) is 5.26 Å². The number of benzene rings is 2. The van der Waals surface area contributed by atoms with E-state index in [2.05, 4.69) is 43.2 Å². The van der Waals surface area contributed by atoms with Crippen molar-refractivity contribution in [1.82, 2.24) is 0 Å². The topological polar surface area (TPSA) is 35.8 Å². The van der Waals surface area contributed by atoms with Gasteiger partial charge in [-0.05, 0) is 56.1 Å². The minimum absolute atomic E-state index is 0.312. The summed E-state index contributed by atoms with van der Waals surface area (Å²) in [4.78, 5) is 0. The van der Waals surface area contributed by atoms with Crippen molar-refractivity contribution in [2.24, 2.45) is 0 Å². The van der Waals surface area contributed by atoms with Gasteiger partial charge in [-0.15, -0.1) is 0 Å². The molecule has 0 heterocycles. The Hall–Kier alpha value is -1.38. The van der Waals surface area contributed by atoms with Gasteiger partial charge < -0.3 is 5.32 Å². The first kappa shape index (κ1) is 13.1. The number of nitrogens with one attached hydrogen (secondary N) is 1. The van der Waals surface area contributed by atoms with E-state index in [0.717, 1.165) is 0 Å². The third kappa shape index (κ3) is 2.55. The summed E-state index contributed by atoms with van der Waals surface area (Å²) in [6.07, 6.45) is 0. The first-order valence-electron chi connectivity index (χ1n) is 5.03. The van der Waals surface area contributed by atoms with Gasteiger partial charge >= 0.3 is 0 Å². The maximum Gasteiger partial charge on any atom is 0.147 e. The highest BCUT2D eigenvalue weighted by Crippen LogP contribution is 2.31. The summed E-state index contributed by atoms with van der Waals surface area (Å²) in [5.41, 5.74) is 1.30. The lowest BCUT2D eigenvalue weighted by molar-refractivity contribution is 0.631. The van der Waals surface area contributed by atoms with Crippen molar-refractivity contribution >= 4 is 43.2 Å². The second kappa shape index (κ2) is 5.51. The molecule has 0 aromatic heterocycles. The molecular formula is C13H7Br2FN2. The average Bonchev–Trinajstić information content (AvgIpc) is 2.34. The Morgan fingerprint density at radius 1 is 1.06 bits per heavy atom. The van der Waals surface area contributed by atoms with Gasteiger partial charge in [0.1, 0.15) is 11.9 Å². The van der Waals surface area contributed by atoms with Crippen molar-refractivity contribution in [3.8, 4) is 6.07 Å². The van der Waals surface area contributed by atoms with Gasteiger partial charge in [-0.25, -0.2) is 4.39 Å². The maximum absolute atomic E-state index is 13.7. The highest BCUT2D eigenvalue weighted by Gasteiger charge is 2.10. The van der Waals surface area contributed by atoms with Crippen molar-refractivity contribution < 1.29 is 4.39 Å². The molecule has 0 aliphatic rings. The van der Waals surface area contributed by atoms with Gasteiger partial charge in [-0.3, -0.25) is 0 Å². The van der Waals surface area contributed by atoms with Crippen LogP contribution in [0.5, 0.6) is 0 Å². The zero-order chi connectivity index (χ0) is 13.1. The zero-order valence-electron chi connectivity index (χ0n) is 9.05. The monoisotopic (exact) mass is 368 g/mol. The largest absolute Gasteiger partial charge is 0.351 e. The first-order valence-corrected chi connectivity index (χ1v) is 6.61. The van der Waals surface area contributed by atoms with Crippen LogP contribution in [-0.4, -0.2) is 0 Å². The SMILES string of the molecule is N#Cc1c(Br)cccc1Nc1c(F)cccc1Br. The van der Waals surface area contributed by atoms with Crippen molar-refractivity contribution in [3.05, 3.63) is 56.7 Å². The van der Waals surface area contributed by atoms with Crippen LogP contribution in [0.1, 0.15) is 5.56 Å². The Labute approximate surface area is 121 Å². The second-order valence-corrected chi connectivity index (χ2v) is 5.20. The van der Waals surface area contributed by atoms with E-state index in [-0.39, 0.29) is 5.82 Å². The zero-order valence-corrected chi connectivity index (χ0v) is 12.2. The number of para-hydroxylation sites is 1. The first-order chi connectivity index (χ1) is 8.63. The van der Waals surface area contributed by atoms with Crippen molar-refractivity contribution in [2.75, 3.05) is 5.32 Å². The summed E-state index contributed by atoms with van der Waals surface area (Å²) in [7, 11) is 0. The van der Waals surface area contributed by atoms with Gasteiger partial charge in [-0.2, -0.15) is 5.26 Å². The van der Waals surface area contributed by atoms with Crippen LogP contribution in [0, 0.1) is 17.1 Å². The molecule has 0 aliphatic carbocycles. The Morgan fingerprint density at radius 3 is 2.39 bits per heavy atom.